The minimum Gasteiger partial charge on any atom is -0.318 e. The molecule has 0 radical (unpaired) electrons. The Morgan fingerprint density at radius 2 is 1.82 bits per heavy atom. The smallest absolute Gasteiger partial charge is 0.270 e. The molecule has 1 aromatic heterocycles. The number of rotatable bonds is 4. The molecule has 0 unspecified atom stereocenters. The van der Waals surface area contributed by atoms with Gasteiger partial charge < -0.3 is 4.57 Å². The van der Waals surface area contributed by atoms with E-state index in [1.165, 1.54) is 12.1 Å². The number of aryl methyl sites for hydroxylation is 1. The quantitative estimate of drug-likeness (QED) is 0.370. The molecule has 0 saturated heterocycles. The molecule has 0 bridgehead atoms. The summed E-state index contributed by atoms with van der Waals surface area (Å²) >= 11 is 0. The van der Waals surface area contributed by atoms with Crippen LogP contribution in [0, 0.1) is 46.6 Å². The first-order valence-electron chi connectivity index (χ1n) is 8.50. The summed E-state index contributed by atoms with van der Waals surface area (Å²) in [6, 6.07) is 19.5. The van der Waals surface area contributed by atoms with E-state index in [0.717, 1.165) is 22.6 Å². The van der Waals surface area contributed by atoms with Crippen molar-refractivity contribution in [1.29, 1.82) is 10.5 Å². The third kappa shape index (κ3) is 3.53. The van der Waals surface area contributed by atoms with E-state index in [4.69, 9.17) is 5.26 Å². The minimum absolute atomic E-state index is 0.0540. The maximum atomic E-state index is 11.0. The van der Waals surface area contributed by atoms with E-state index < -0.39 is 4.92 Å². The molecular formula is C22H16N4O2. The fourth-order valence-corrected chi connectivity index (χ4v) is 3.14. The Labute approximate surface area is 162 Å². The van der Waals surface area contributed by atoms with Crippen molar-refractivity contribution in [3.05, 3.63) is 92.8 Å². The Balaban J connectivity index is 2.06. The van der Waals surface area contributed by atoms with Gasteiger partial charge in [0.05, 0.1) is 28.2 Å². The number of nitrogens with zero attached hydrogens (tertiary/aromatic N) is 4. The molecule has 3 aromatic rings. The number of aromatic nitrogens is 1. The maximum Gasteiger partial charge on any atom is 0.270 e. The van der Waals surface area contributed by atoms with Crippen molar-refractivity contribution in [2.75, 3.05) is 0 Å². The normalized spacial score (nSPS) is 10.9. The standard InChI is InChI=1S/C22H16N4O2/c1-15-10-19(16(2)25(15)21-8-6-17(13-23)7-9-21)11-20(14-24)18-4-3-5-22(12-18)26(27)28/h3-12H,1-2H3/b20-11-. The van der Waals surface area contributed by atoms with Gasteiger partial charge in [-0.15, -0.1) is 0 Å². The van der Waals surface area contributed by atoms with Crippen LogP contribution in [0.2, 0.25) is 0 Å². The summed E-state index contributed by atoms with van der Waals surface area (Å²) in [5.74, 6) is 0. The number of allylic oxidation sites excluding steroid dienone is 1. The average Bonchev–Trinajstić information content (AvgIpc) is 2.99. The van der Waals surface area contributed by atoms with Crippen molar-refractivity contribution in [3.63, 3.8) is 0 Å². The van der Waals surface area contributed by atoms with Gasteiger partial charge in [0.15, 0.2) is 0 Å². The Morgan fingerprint density at radius 1 is 1.11 bits per heavy atom. The van der Waals surface area contributed by atoms with Gasteiger partial charge in [0, 0.05) is 29.2 Å². The predicted octanol–water partition coefficient (Wildman–Crippen LogP) is 4.94. The third-order valence-electron chi connectivity index (χ3n) is 4.51. The van der Waals surface area contributed by atoms with Crippen LogP contribution in [0.4, 0.5) is 5.69 Å². The van der Waals surface area contributed by atoms with Gasteiger partial charge in [-0.05, 0) is 61.4 Å². The van der Waals surface area contributed by atoms with Crippen LogP contribution in [-0.4, -0.2) is 9.49 Å². The summed E-state index contributed by atoms with van der Waals surface area (Å²) in [7, 11) is 0. The summed E-state index contributed by atoms with van der Waals surface area (Å²) in [6.45, 7) is 3.90. The molecule has 0 atom stereocenters. The third-order valence-corrected chi connectivity index (χ3v) is 4.51. The fourth-order valence-electron chi connectivity index (χ4n) is 3.14. The molecule has 0 saturated carbocycles. The summed E-state index contributed by atoms with van der Waals surface area (Å²) in [4.78, 5) is 10.5. The van der Waals surface area contributed by atoms with Crippen LogP contribution in [0.15, 0.2) is 54.6 Å². The Morgan fingerprint density at radius 3 is 2.43 bits per heavy atom. The maximum absolute atomic E-state index is 11.0. The highest BCUT2D eigenvalue weighted by Gasteiger charge is 2.13. The number of non-ortho nitro benzene ring substituents is 1. The molecule has 0 fully saturated rings. The van der Waals surface area contributed by atoms with E-state index in [1.807, 2.05) is 36.6 Å². The number of hydrogen-bond donors (Lipinski definition) is 0. The van der Waals surface area contributed by atoms with Crippen molar-refractivity contribution in [1.82, 2.24) is 4.57 Å². The number of nitro groups is 1. The summed E-state index contributed by atoms with van der Waals surface area (Å²) < 4.78 is 2.04. The van der Waals surface area contributed by atoms with Crippen molar-refractivity contribution in [2.24, 2.45) is 0 Å². The van der Waals surface area contributed by atoms with Crippen LogP contribution < -0.4 is 0 Å². The van der Waals surface area contributed by atoms with Gasteiger partial charge in [0.2, 0.25) is 0 Å². The van der Waals surface area contributed by atoms with Gasteiger partial charge in [0.25, 0.3) is 5.69 Å². The van der Waals surface area contributed by atoms with Gasteiger partial charge in [-0.2, -0.15) is 10.5 Å². The molecular weight excluding hydrogens is 352 g/mol. The number of nitro benzene ring substituents is 1. The molecule has 0 aliphatic heterocycles. The van der Waals surface area contributed by atoms with E-state index >= 15 is 0 Å². The summed E-state index contributed by atoms with van der Waals surface area (Å²) in [5.41, 5.74) is 5.06. The minimum atomic E-state index is -0.477. The lowest BCUT2D eigenvalue weighted by Crippen LogP contribution is -1.99. The zero-order valence-corrected chi connectivity index (χ0v) is 15.4. The molecule has 6 nitrogen and oxygen atoms in total. The second-order valence-corrected chi connectivity index (χ2v) is 6.30. The fraction of sp³-hybridized carbons (Fsp3) is 0.0909. The predicted molar refractivity (Wildman–Crippen MR) is 107 cm³/mol. The first-order valence-corrected chi connectivity index (χ1v) is 8.50. The van der Waals surface area contributed by atoms with E-state index in [-0.39, 0.29) is 5.69 Å². The van der Waals surface area contributed by atoms with Crippen molar-refractivity contribution >= 4 is 17.3 Å². The molecule has 6 heteroatoms. The molecule has 1 heterocycles. The highest BCUT2D eigenvalue weighted by atomic mass is 16.6. The molecule has 2 aromatic carbocycles. The van der Waals surface area contributed by atoms with Crippen molar-refractivity contribution in [3.8, 4) is 17.8 Å². The van der Waals surface area contributed by atoms with Gasteiger partial charge in [-0.3, -0.25) is 10.1 Å². The molecule has 28 heavy (non-hydrogen) atoms. The lowest BCUT2D eigenvalue weighted by atomic mass is 10.0. The van der Waals surface area contributed by atoms with E-state index in [1.54, 1.807) is 30.3 Å². The van der Waals surface area contributed by atoms with E-state index in [0.29, 0.717) is 16.7 Å². The lowest BCUT2D eigenvalue weighted by Gasteiger charge is -2.09. The van der Waals surface area contributed by atoms with Gasteiger partial charge >= 0.3 is 0 Å². The van der Waals surface area contributed by atoms with Crippen LogP contribution in [-0.2, 0) is 0 Å². The van der Waals surface area contributed by atoms with Crippen LogP contribution in [0.5, 0.6) is 0 Å². The Bertz CT molecular complexity index is 1170. The van der Waals surface area contributed by atoms with Crippen LogP contribution in [0.3, 0.4) is 0 Å². The molecule has 0 spiro atoms. The number of benzene rings is 2. The zero-order valence-electron chi connectivity index (χ0n) is 15.4. The molecule has 0 amide bonds. The van der Waals surface area contributed by atoms with Crippen LogP contribution in [0.1, 0.15) is 28.1 Å². The summed E-state index contributed by atoms with van der Waals surface area (Å²) in [5, 5.41) is 29.6. The van der Waals surface area contributed by atoms with Gasteiger partial charge in [0.1, 0.15) is 0 Å². The SMILES string of the molecule is Cc1cc(/C=C(/C#N)c2cccc([N+](=O)[O-])c2)c(C)n1-c1ccc(C#N)cc1. The lowest BCUT2D eigenvalue weighted by molar-refractivity contribution is -0.384. The molecule has 0 aliphatic rings. The molecule has 0 N–H and O–H groups in total. The van der Waals surface area contributed by atoms with E-state index in [2.05, 4.69) is 12.1 Å². The van der Waals surface area contributed by atoms with E-state index in [9.17, 15) is 15.4 Å². The highest BCUT2D eigenvalue weighted by molar-refractivity contribution is 5.90. The first kappa shape index (κ1) is 18.6. The zero-order chi connectivity index (χ0) is 20.3. The second-order valence-electron chi connectivity index (χ2n) is 6.30. The Hall–Kier alpha value is -4.16. The van der Waals surface area contributed by atoms with Crippen molar-refractivity contribution in [2.45, 2.75) is 13.8 Å². The second kappa shape index (κ2) is 7.61. The first-order chi connectivity index (χ1) is 13.4. The molecule has 136 valence electrons. The number of nitriles is 2. The largest absolute Gasteiger partial charge is 0.318 e. The highest BCUT2D eigenvalue weighted by Crippen LogP contribution is 2.26. The monoisotopic (exact) mass is 368 g/mol. The Kier molecular flexibility index (Phi) is 5.06. The van der Waals surface area contributed by atoms with Crippen LogP contribution >= 0.6 is 0 Å². The molecule has 3 rings (SSSR count). The van der Waals surface area contributed by atoms with Crippen LogP contribution in [0.25, 0.3) is 17.3 Å². The number of hydrogen-bond acceptors (Lipinski definition) is 4. The summed E-state index contributed by atoms with van der Waals surface area (Å²) in [6.07, 6.45) is 1.74. The molecule has 0 aliphatic carbocycles. The topological polar surface area (TPSA) is 95.6 Å². The van der Waals surface area contributed by atoms with Gasteiger partial charge in [-0.25, -0.2) is 0 Å². The average molecular weight is 368 g/mol. The van der Waals surface area contributed by atoms with Gasteiger partial charge in [-0.1, -0.05) is 12.1 Å². The van der Waals surface area contributed by atoms with Crippen molar-refractivity contribution < 1.29 is 4.92 Å².